The molecule has 0 radical (unpaired) electrons. The number of rotatable bonds is 6. The third-order valence-corrected chi connectivity index (χ3v) is 2.49. The van der Waals surface area contributed by atoms with Crippen molar-refractivity contribution in [3.05, 3.63) is 42.0 Å². The Bertz CT molecular complexity index is 354. The first-order chi connectivity index (χ1) is 8.24. The lowest BCUT2D eigenvalue weighted by atomic mass is 10.1. The highest BCUT2D eigenvalue weighted by Gasteiger charge is 2.09. The molecular formula is C15H20O2. The van der Waals surface area contributed by atoms with Crippen molar-refractivity contribution in [2.75, 3.05) is 6.61 Å². The van der Waals surface area contributed by atoms with Crippen LogP contribution in [0.2, 0.25) is 0 Å². The third-order valence-electron chi connectivity index (χ3n) is 2.49. The van der Waals surface area contributed by atoms with Gasteiger partial charge in [-0.2, -0.15) is 0 Å². The van der Waals surface area contributed by atoms with E-state index in [-0.39, 0.29) is 11.9 Å². The summed E-state index contributed by atoms with van der Waals surface area (Å²) in [6, 6.07) is 9.94. The van der Waals surface area contributed by atoms with Gasteiger partial charge in [-0.3, -0.25) is 4.79 Å². The first-order valence-electron chi connectivity index (χ1n) is 6.14. The van der Waals surface area contributed by atoms with E-state index in [0.29, 0.717) is 6.61 Å². The highest BCUT2D eigenvalue weighted by Crippen LogP contribution is 2.07. The maximum Gasteiger partial charge on any atom is 0.312 e. The van der Waals surface area contributed by atoms with Gasteiger partial charge in [0, 0.05) is 0 Å². The van der Waals surface area contributed by atoms with Crippen LogP contribution in [0.3, 0.4) is 0 Å². The van der Waals surface area contributed by atoms with Crippen molar-refractivity contribution in [3.8, 4) is 0 Å². The number of hydrogen-bond acceptors (Lipinski definition) is 2. The molecule has 0 aromatic heterocycles. The molecule has 0 heterocycles. The Balaban J connectivity index is 2.40. The maximum atomic E-state index is 11.6. The zero-order valence-corrected chi connectivity index (χ0v) is 10.6. The third kappa shape index (κ3) is 5.34. The molecule has 0 aliphatic rings. The second-order valence-electron chi connectivity index (χ2n) is 4.08. The summed E-state index contributed by atoms with van der Waals surface area (Å²) in [4.78, 5) is 11.6. The largest absolute Gasteiger partial charge is 0.465 e. The molecule has 0 aliphatic carbocycles. The van der Waals surface area contributed by atoms with Crippen molar-refractivity contribution in [2.45, 2.75) is 26.7 Å². The van der Waals surface area contributed by atoms with Gasteiger partial charge in [0.05, 0.1) is 12.5 Å². The van der Waals surface area contributed by atoms with Crippen LogP contribution in [0, 0.1) is 5.92 Å². The zero-order chi connectivity index (χ0) is 12.5. The fourth-order valence-electron chi connectivity index (χ4n) is 1.35. The second kappa shape index (κ2) is 7.66. The van der Waals surface area contributed by atoms with Crippen LogP contribution in [0.1, 0.15) is 32.3 Å². The summed E-state index contributed by atoms with van der Waals surface area (Å²) in [5, 5.41) is 0. The molecule has 0 saturated carbocycles. The van der Waals surface area contributed by atoms with Crippen molar-refractivity contribution in [1.82, 2.24) is 0 Å². The smallest absolute Gasteiger partial charge is 0.312 e. The quantitative estimate of drug-likeness (QED) is 0.552. The SMILES string of the molecule is CCCCOC(=O)[C@@H](C)/C=C/c1ccccc1. The first kappa shape index (κ1) is 13.5. The van der Waals surface area contributed by atoms with Crippen molar-refractivity contribution in [1.29, 1.82) is 0 Å². The lowest BCUT2D eigenvalue weighted by molar-refractivity contribution is -0.146. The van der Waals surface area contributed by atoms with Gasteiger partial charge in [0.1, 0.15) is 0 Å². The summed E-state index contributed by atoms with van der Waals surface area (Å²) < 4.78 is 5.14. The number of carbonyl (C=O) groups is 1. The lowest BCUT2D eigenvalue weighted by Crippen LogP contribution is -2.13. The summed E-state index contributed by atoms with van der Waals surface area (Å²) in [7, 11) is 0. The molecule has 1 aromatic carbocycles. The van der Waals surface area contributed by atoms with E-state index in [9.17, 15) is 4.79 Å². The fourth-order valence-corrected chi connectivity index (χ4v) is 1.35. The minimum atomic E-state index is -0.188. The van der Waals surface area contributed by atoms with E-state index in [1.165, 1.54) is 0 Å². The Labute approximate surface area is 103 Å². The summed E-state index contributed by atoms with van der Waals surface area (Å²) in [6.07, 6.45) is 5.80. The molecule has 1 rings (SSSR count). The van der Waals surface area contributed by atoms with Crippen molar-refractivity contribution >= 4 is 12.0 Å². The minimum absolute atomic E-state index is 0.148. The highest BCUT2D eigenvalue weighted by atomic mass is 16.5. The molecular weight excluding hydrogens is 212 g/mol. The molecule has 0 fully saturated rings. The van der Waals surface area contributed by atoms with E-state index in [4.69, 9.17) is 4.74 Å². The Morgan fingerprint density at radius 1 is 1.35 bits per heavy atom. The van der Waals surface area contributed by atoms with Gasteiger partial charge < -0.3 is 4.74 Å². The topological polar surface area (TPSA) is 26.3 Å². The standard InChI is InChI=1S/C15H20O2/c1-3-4-12-17-15(16)13(2)10-11-14-8-6-5-7-9-14/h5-11,13H,3-4,12H2,1-2H3/b11-10+/t13-/m0/s1. The van der Waals surface area contributed by atoms with Crippen LogP contribution in [0.25, 0.3) is 6.08 Å². The van der Waals surface area contributed by atoms with Gasteiger partial charge in [0.15, 0.2) is 0 Å². The van der Waals surface area contributed by atoms with Crippen LogP contribution >= 0.6 is 0 Å². The number of unbranched alkanes of at least 4 members (excludes halogenated alkanes) is 1. The Kier molecular flexibility index (Phi) is 6.08. The summed E-state index contributed by atoms with van der Waals surface area (Å²) in [5.74, 6) is -0.335. The van der Waals surface area contributed by atoms with Crippen LogP contribution < -0.4 is 0 Å². The van der Waals surface area contributed by atoms with Crippen molar-refractivity contribution in [3.63, 3.8) is 0 Å². The zero-order valence-electron chi connectivity index (χ0n) is 10.6. The maximum absolute atomic E-state index is 11.6. The predicted molar refractivity (Wildman–Crippen MR) is 70.5 cm³/mol. The van der Waals surface area contributed by atoms with E-state index >= 15 is 0 Å². The van der Waals surface area contributed by atoms with Crippen molar-refractivity contribution in [2.24, 2.45) is 5.92 Å². The number of esters is 1. The molecule has 2 nitrogen and oxygen atoms in total. The van der Waals surface area contributed by atoms with Crippen LogP contribution in [0.4, 0.5) is 0 Å². The summed E-state index contributed by atoms with van der Waals surface area (Å²) in [6.45, 7) is 4.46. The average Bonchev–Trinajstić information content (AvgIpc) is 2.37. The second-order valence-corrected chi connectivity index (χ2v) is 4.08. The minimum Gasteiger partial charge on any atom is -0.465 e. The normalized spacial score (nSPS) is 12.6. The highest BCUT2D eigenvalue weighted by molar-refractivity contribution is 5.75. The van der Waals surface area contributed by atoms with E-state index in [1.807, 2.05) is 49.4 Å². The van der Waals surface area contributed by atoms with Gasteiger partial charge in [0.25, 0.3) is 0 Å². The van der Waals surface area contributed by atoms with Crippen LogP contribution in [0.15, 0.2) is 36.4 Å². The van der Waals surface area contributed by atoms with Gasteiger partial charge in [-0.15, -0.1) is 0 Å². The predicted octanol–water partition coefficient (Wildman–Crippen LogP) is 3.68. The van der Waals surface area contributed by atoms with Gasteiger partial charge >= 0.3 is 5.97 Å². The summed E-state index contributed by atoms with van der Waals surface area (Å²) in [5.41, 5.74) is 1.10. The molecule has 0 bridgehead atoms. The molecule has 92 valence electrons. The number of ether oxygens (including phenoxy) is 1. The van der Waals surface area contributed by atoms with Gasteiger partial charge in [-0.05, 0) is 18.9 Å². The monoisotopic (exact) mass is 232 g/mol. The fraction of sp³-hybridized carbons (Fsp3) is 0.400. The average molecular weight is 232 g/mol. The number of carbonyl (C=O) groups excluding carboxylic acids is 1. The van der Waals surface area contributed by atoms with E-state index in [0.717, 1.165) is 18.4 Å². The van der Waals surface area contributed by atoms with Gasteiger partial charge in [-0.1, -0.05) is 55.8 Å². The molecule has 0 spiro atoms. The van der Waals surface area contributed by atoms with Gasteiger partial charge in [-0.25, -0.2) is 0 Å². The molecule has 2 heteroatoms. The summed E-state index contributed by atoms with van der Waals surface area (Å²) >= 11 is 0. The Morgan fingerprint density at radius 3 is 2.71 bits per heavy atom. The first-order valence-corrected chi connectivity index (χ1v) is 6.14. The van der Waals surface area contributed by atoms with E-state index in [2.05, 4.69) is 6.92 Å². The molecule has 0 aliphatic heterocycles. The number of benzene rings is 1. The molecule has 1 atom stereocenters. The van der Waals surface area contributed by atoms with E-state index in [1.54, 1.807) is 0 Å². The van der Waals surface area contributed by atoms with Crippen LogP contribution in [-0.4, -0.2) is 12.6 Å². The molecule has 0 amide bonds. The lowest BCUT2D eigenvalue weighted by Gasteiger charge is -2.07. The molecule has 0 N–H and O–H groups in total. The molecule has 0 unspecified atom stereocenters. The van der Waals surface area contributed by atoms with E-state index < -0.39 is 0 Å². The molecule has 17 heavy (non-hydrogen) atoms. The van der Waals surface area contributed by atoms with Gasteiger partial charge in [0.2, 0.25) is 0 Å². The van der Waals surface area contributed by atoms with Crippen LogP contribution in [0.5, 0.6) is 0 Å². The Hall–Kier alpha value is -1.57. The molecule has 1 aromatic rings. The van der Waals surface area contributed by atoms with Crippen molar-refractivity contribution < 1.29 is 9.53 Å². The van der Waals surface area contributed by atoms with Crippen LogP contribution in [-0.2, 0) is 9.53 Å². The molecule has 0 saturated heterocycles. The Morgan fingerprint density at radius 2 is 2.06 bits per heavy atom. The number of hydrogen-bond donors (Lipinski definition) is 0.